The number of benzene rings is 2. The number of thiazole rings is 1. The number of aliphatic carboxylic acids is 1. The molecule has 3 N–H and O–H groups in total. The van der Waals surface area contributed by atoms with Crippen molar-refractivity contribution in [2.45, 2.75) is 38.0 Å². The molecule has 0 atom stereocenters. The van der Waals surface area contributed by atoms with Gasteiger partial charge in [0.25, 0.3) is 0 Å². The number of aromatic nitrogens is 1. The lowest BCUT2D eigenvalue weighted by Gasteiger charge is -2.14. The Morgan fingerprint density at radius 3 is 2.34 bits per heavy atom. The van der Waals surface area contributed by atoms with E-state index in [0.29, 0.717) is 23.8 Å². The monoisotopic (exact) mass is 493 g/mol. The van der Waals surface area contributed by atoms with Crippen LogP contribution >= 0.6 is 11.3 Å². The molecule has 1 aliphatic carbocycles. The van der Waals surface area contributed by atoms with Crippen molar-refractivity contribution < 1.29 is 24.2 Å². The van der Waals surface area contributed by atoms with Gasteiger partial charge in [-0.2, -0.15) is 0 Å². The quantitative estimate of drug-likeness (QED) is 0.330. The lowest BCUT2D eigenvalue weighted by Crippen LogP contribution is -2.26. The second-order valence-electron chi connectivity index (χ2n) is 8.33. The number of carbonyl (C=O) groups is 3. The van der Waals surface area contributed by atoms with Crippen LogP contribution in [-0.4, -0.2) is 41.2 Å². The lowest BCUT2D eigenvalue weighted by atomic mass is 9.98. The fraction of sp³-hybridized carbons (Fsp3) is 0.308. The molecule has 9 heteroatoms. The van der Waals surface area contributed by atoms with Gasteiger partial charge in [-0.15, -0.1) is 11.3 Å². The van der Waals surface area contributed by atoms with E-state index in [1.54, 1.807) is 5.38 Å². The maximum atomic E-state index is 12.4. The molecule has 35 heavy (non-hydrogen) atoms. The Hall–Kier alpha value is -3.72. The molecular weight excluding hydrogens is 466 g/mol. The molecular formula is C26H27N3O5S. The summed E-state index contributed by atoms with van der Waals surface area (Å²) in [5.41, 5.74) is 5.18. The third-order valence-corrected chi connectivity index (χ3v) is 6.64. The van der Waals surface area contributed by atoms with Gasteiger partial charge in [0.1, 0.15) is 6.61 Å². The first-order valence-electron chi connectivity index (χ1n) is 11.6. The molecule has 0 aliphatic heterocycles. The second kappa shape index (κ2) is 11.6. The summed E-state index contributed by atoms with van der Waals surface area (Å²) in [6.07, 6.45) is 1.74. The van der Waals surface area contributed by atoms with Crippen LogP contribution in [0.3, 0.4) is 0 Å². The predicted octanol–water partition coefficient (Wildman–Crippen LogP) is 4.81. The van der Waals surface area contributed by atoms with Gasteiger partial charge < -0.3 is 15.2 Å². The highest BCUT2D eigenvalue weighted by Gasteiger charge is 2.29. The van der Waals surface area contributed by atoms with Crippen molar-refractivity contribution in [2.75, 3.05) is 18.5 Å². The highest BCUT2D eigenvalue weighted by molar-refractivity contribution is 7.13. The molecule has 3 aromatic rings. The molecule has 0 saturated heterocycles. The number of unbranched alkanes of at least 4 members (excludes halogenated alkanes) is 2. The van der Waals surface area contributed by atoms with Crippen molar-refractivity contribution in [3.8, 4) is 11.1 Å². The van der Waals surface area contributed by atoms with E-state index in [-0.39, 0.29) is 31.3 Å². The number of carbonyl (C=O) groups excluding carboxylic acids is 2. The topological polar surface area (TPSA) is 118 Å². The van der Waals surface area contributed by atoms with E-state index in [0.717, 1.165) is 24.0 Å². The fourth-order valence-electron chi connectivity index (χ4n) is 4.20. The molecule has 1 aliphatic rings. The Balaban J connectivity index is 1.22. The van der Waals surface area contributed by atoms with E-state index in [1.807, 2.05) is 24.3 Å². The molecule has 2 amide bonds. The van der Waals surface area contributed by atoms with Crippen molar-refractivity contribution in [2.24, 2.45) is 0 Å². The standard InChI is InChI=1S/C26H27N3O5S/c30-23(27-13-7-1-2-12-24(31)32)14-17-16-35-25(28-17)29-26(33)34-15-22-20-10-5-3-8-18(20)19-9-4-6-11-21(19)22/h3-6,8-11,16,22H,1-2,7,12-15H2,(H,27,30)(H,31,32)(H,28,29,33). The van der Waals surface area contributed by atoms with E-state index in [9.17, 15) is 14.4 Å². The van der Waals surface area contributed by atoms with Crippen molar-refractivity contribution in [3.05, 3.63) is 70.7 Å². The van der Waals surface area contributed by atoms with Gasteiger partial charge in [-0.1, -0.05) is 55.0 Å². The second-order valence-corrected chi connectivity index (χ2v) is 9.18. The smallest absolute Gasteiger partial charge is 0.413 e. The minimum atomic E-state index is -0.805. The van der Waals surface area contributed by atoms with Crippen LogP contribution in [0.15, 0.2) is 53.9 Å². The number of ether oxygens (including phenoxy) is 1. The van der Waals surface area contributed by atoms with Crippen LogP contribution in [0.1, 0.15) is 48.4 Å². The molecule has 1 heterocycles. The summed E-state index contributed by atoms with van der Waals surface area (Å²) in [5.74, 6) is -0.992. The SMILES string of the molecule is O=C(O)CCCCCNC(=O)Cc1csc(NC(=O)OCC2c3ccccc3-c3ccccc32)n1. The van der Waals surface area contributed by atoms with Crippen LogP contribution < -0.4 is 10.6 Å². The number of nitrogens with zero attached hydrogens (tertiary/aromatic N) is 1. The summed E-state index contributed by atoms with van der Waals surface area (Å²) in [5, 5.41) is 16.2. The molecule has 1 aromatic heterocycles. The predicted molar refractivity (Wildman–Crippen MR) is 134 cm³/mol. The molecule has 2 aromatic carbocycles. The Morgan fingerprint density at radius 1 is 0.971 bits per heavy atom. The zero-order valence-electron chi connectivity index (χ0n) is 19.2. The van der Waals surface area contributed by atoms with Gasteiger partial charge >= 0.3 is 12.1 Å². The average Bonchev–Trinajstić information content (AvgIpc) is 3.41. The molecule has 0 spiro atoms. The average molecular weight is 494 g/mol. The molecule has 0 unspecified atom stereocenters. The lowest BCUT2D eigenvalue weighted by molar-refractivity contribution is -0.137. The van der Waals surface area contributed by atoms with Gasteiger partial charge in [0, 0.05) is 24.3 Å². The van der Waals surface area contributed by atoms with Gasteiger partial charge in [-0.25, -0.2) is 9.78 Å². The van der Waals surface area contributed by atoms with E-state index in [1.165, 1.54) is 22.5 Å². The van der Waals surface area contributed by atoms with Crippen molar-refractivity contribution >= 4 is 34.4 Å². The van der Waals surface area contributed by atoms with E-state index < -0.39 is 12.1 Å². The summed E-state index contributed by atoms with van der Waals surface area (Å²) < 4.78 is 5.53. The molecule has 0 fully saturated rings. The van der Waals surface area contributed by atoms with Gasteiger partial charge in [0.15, 0.2) is 5.13 Å². The van der Waals surface area contributed by atoms with Gasteiger partial charge in [0.2, 0.25) is 5.91 Å². The molecule has 0 bridgehead atoms. The van der Waals surface area contributed by atoms with E-state index >= 15 is 0 Å². The Morgan fingerprint density at radius 2 is 1.66 bits per heavy atom. The minimum Gasteiger partial charge on any atom is -0.481 e. The number of nitrogens with one attached hydrogen (secondary N) is 2. The first kappa shape index (κ1) is 24.4. The zero-order valence-corrected chi connectivity index (χ0v) is 20.0. The zero-order chi connectivity index (χ0) is 24.6. The highest BCUT2D eigenvalue weighted by Crippen LogP contribution is 2.44. The van der Waals surface area contributed by atoms with Gasteiger partial charge in [0.05, 0.1) is 12.1 Å². The fourth-order valence-corrected chi connectivity index (χ4v) is 4.90. The number of rotatable bonds is 11. The maximum absolute atomic E-state index is 12.4. The maximum Gasteiger partial charge on any atom is 0.413 e. The summed E-state index contributed by atoms with van der Waals surface area (Å²) in [6, 6.07) is 16.3. The Bertz CT molecular complexity index is 1160. The van der Waals surface area contributed by atoms with Crippen LogP contribution in [0.2, 0.25) is 0 Å². The summed E-state index contributed by atoms with van der Waals surface area (Å²) >= 11 is 1.23. The first-order valence-corrected chi connectivity index (χ1v) is 12.4. The summed E-state index contributed by atoms with van der Waals surface area (Å²) in [4.78, 5) is 39.3. The number of hydrogen-bond acceptors (Lipinski definition) is 6. The molecule has 182 valence electrons. The number of hydrogen-bond donors (Lipinski definition) is 3. The third kappa shape index (κ3) is 6.45. The first-order chi connectivity index (χ1) is 17.0. The summed E-state index contributed by atoms with van der Waals surface area (Å²) in [6.45, 7) is 0.709. The third-order valence-electron chi connectivity index (χ3n) is 5.84. The minimum absolute atomic E-state index is 0.0205. The van der Waals surface area contributed by atoms with E-state index in [2.05, 4.69) is 39.9 Å². The Labute approximate surface area is 207 Å². The largest absolute Gasteiger partial charge is 0.481 e. The van der Waals surface area contributed by atoms with Crippen LogP contribution in [0.5, 0.6) is 0 Å². The summed E-state index contributed by atoms with van der Waals surface area (Å²) in [7, 11) is 0. The normalized spacial score (nSPS) is 12.0. The van der Waals surface area contributed by atoms with Crippen molar-refractivity contribution in [1.82, 2.24) is 10.3 Å². The van der Waals surface area contributed by atoms with Crippen molar-refractivity contribution in [3.63, 3.8) is 0 Å². The van der Waals surface area contributed by atoms with Gasteiger partial charge in [-0.05, 0) is 35.1 Å². The number of carboxylic acid groups (broad SMARTS) is 1. The van der Waals surface area contributed by atoms with Crippen LogP contribution in [-0.2, 0) is 20.7 Å². The Kier molecular flexibility index (Phi) is 8.10. The number of fused-ring (bicyclic) bond motifs is 3. The molecule has 0 saturated carbocycles. The molecule has 4 rings (SSSR count). The highest BCUT2D eigenvalue weighted by atomic mass is 32.1. The van der Waals surface area contributed by atoms with Crippen LogP contribution in [0.25, 0.3) is 11.1 Å². The van der Waals surface area contributed by atoms with Gasteiger partial charge in [-0.3, -0.25) is 14.9 Å². The molecule has 0 radical (unpaired) electrons. The van der Waals surface area contributed by atoms with Crippen molar-refractivity contribution in [1.29, 1.82) is 0 Å². The number of anilines is 1. The number of carboxylic acids is 1. The van der Waals surface area contributed by atoms with Crippen LogP contribution in [0, 0.1) is 0 Å². The van der Waals surface area contributed by atoms with Crippen LogP contribution in [0.4, 0.5) is 9.93 Å². The number of amides is 2. The van der Waals surface area contributed by atoms with E-state index in [4.69, 9.17) is 9.84 Å². The molecule has 8 nitrogen and oxygen atoms in total.